The predicted octanol–water partition coefficient (Wildman–Crippen LogP) is -0.0278. The van der Waals surface area contributed by atoms with Gasteiger partial charge >= 0.3 is 0 Å². The number of aliphatic imine (C=N–C) groups is 2. The molecule has 16 heavy (non-hydrogen) atoms. The van der Waals surface area contributed by atoms with Crippen LogP contribution in [0.2, 0.25) is 0 Å². The van der Waals surface area contributed by atoms with Crippen molar-refractivity contribution >= 4 is 23.3 Å². The van der Waals surface area contributed by atoms with Crippen molar-refractivity contribution in [2.45, 2.75) is 0 Å². The number of benzene rings is 1. The van der Waals surface area contributed by atoms with Crippen LogP contribution >= 0.6 is 0 Å². The molecule has 6 nitrogen and oxygen atoms in total. The molecule has 0 fully saturated rings. The minimum absolute atomic E-state index is 0.0379. The Labute approximate surface area is 94.5 Å². The van der Waals surface area contributed by atoms with E-state index in [4.69, 9.17) is 17.2 Å². The zero-order valence-electron chi connectivity index (χ0n) is 9.38. The highest BCUT2D eigenvalue weighted by Gasteiger charge is 1.97. The summed E-state index contributed by atoms with van der Waals surface area (Å²) in [5.41, 5.74) is 17.6. The van der Waals surface area contributed by atoms with Crippen molar-refractivity contribution in [3.63, 3.8) is 0 Å². The average molecular weight is 220 g/mol. The Morgan fingerprint density at radius 1 is 1.19 bits per heavy atom. The number of hydrogen-bond acceptors (Lipinski definition) is 2. The Bertz CT molecular complexity index is 417. The van der Waals surface area contributed by atoms with E-state index in [-0.39, 0.29) is 11.9 Å². The fourth-order valence-electron chi connectivity index (χ4n) is 1.13. The summed E-state index contributed by atoms with van der Waals surface area (Å²) in [5.74, 6) is -0.0686. The van der Waals surface area contributed by atoms with Crippen LogP contribution in [-0.4, -0.2) is 26.0 Å². The summed E-state index contributed by atoms with van der Waals surface area (Å²) in [4.78, 5) is 9.66. The molecule has 6 heteroatoms. The largest absolute Gasteiger partial charge is 0.378 e. The standard InChI is InChI=1S/C10H16N6/c1-16(2)8-5-3-4-7(6-8)14-10(13)15-9(11)12/h3-6H,1-2H3,(H6,11,12,13,14,15). The van der Waals surface area contributed by atoms with E-state index in [0.29, 0.717) is 5.69 Å². The first-order valence-corrected chi connectivity index (χ1v) is 4.70. The van der Waals surface area contributed by atoms with Crippen LogP contribution in [0.15, 0.2) is 34.3 Å². The maximum atomic E-state index is 5.52. The summed E-state index contributed by atoms with van der Waals surface area (Å²) in [5, 5.41) is 0. The molecule has 86 valence electrons. The Hall–Kier alpha value is -2.24. The minimum Gasteiger partial charge on any atom is -0.378 e. The number of guanidine groups is 2. The molecule has 0 bridgehead atoms. The molecule has 0 aliphatic heterocycles. The lowest BCUT2D eigenvalue weighted by Crippen LogP contribution is -2.26. The summed E-state index contributed by atoms with van der Waals surface area (Å²) < 4.78 is 0. The summed E-state index contributed by atoms with van der Waals surface area (Å²) in [6.07, 6.45) is 0. The van der Waals surface area contributed by atoms with E-state index in [0.717, 1.165) is 5.69 Å². The van der Waals surface area contributed by atoms with Gasteiger partial charge in [0, 0.05) is 19.8 Å². The third-order valence-electron chi connectivity index (χ3n) is 1.83. The molecule has 0 radical (unpaired) electrons. The molecule has 0 aromatic heterocycles. The average Bonchev–Trinajstić information content (AvgIpc) is 2.16. The van der Waals surface area contributed by atoms with Crippen LogP contribution in [0.1, 0.15) is 0 Å². The van der Waals surface area contributed by atoms with Gasteiger partial charge in [-0.3, -0.25) is 0 Å². The molecule has 0 atom stereocenters. The SMILES string of the molecule is CN(C)c1cccc(N=C(N)N=C(N)N)c1. The number of rotatable bonds is 2. The van der Waals surface area contributed by atoms with Gasteiger partial charge in [-0.1, -0.05) is 6.07 Å². The van der Waals surface area contributed by atoms with Crippen molar-refractivity contribution < 1.29 is 0 Å². The highest BCUT2D eigenvalue weighted by Crippen LogP contribution is 2.19. The molecule has 0 spiro atoms. The van der Waals surface area contributed by atoms with Gasteiger partial charge in [-0.05, 0) is 18.2 Å². The third kappa shape index (κ3) is 3.49. The molecule has 1 aromatic rings. The molecule has 1 aromatic carbocycles. The molecule has 0 saturated carbocycles. The van der Waals surface area contributed by atoms with E-state index >= 15 is 0 Å². The summed E-state index contributed by atoms with van der Waals surface area (Å²) >= 11 is 0. The van der Waals surface area contributed by atoms with Gasteiger partial charge in [0.15, 0.2) is 5.96 Å². The number of hydrogen-bond donors (Lipinski definition) is 3. The molecule has 0 aliphatic rings. The highest BCUT2D eigenvalue weighted by atomic mass is 15.1. The van der Waals surface area contributed by atoms with Gasteiger partial charge in [-0.15, -0.1) is 0 Å². The van der Waals surface area contributed by atoms with Gasteiger partial charge in [-0.2, -0.15) is 4.99 Å². The van der Waals surface area contributed by atoms with Crippen molar-refractivity contribution in [2.75, 3.05) is 19.0 Å². The van der Waals surface area contributed by atoms with Crippen LogP contribution in [0.25, 0.3) is 0 Å². The van der Waals surface area contributed by atoms with Crippen LogP contribution < -0.4 is 22.1 Å². The van der Waals surface area contributed by atoms with Crippen LogP contribution in [0.3, 0.4) is 0 Å². The van der Waals surface area contributed by atoms with E-state index in [1.165, 1.54) is 0 Å². The fraction of sp³-hybridized carbons (Fsp3) is 0.200. The van der Waals surface area contributed by atoms with E-state index in [2.05, 4.69) is 9.98 Å². The van der Waals surface area contributed by atoms with Crippen molar-refractivity contribution in [2.24, 2.45) is 27.2 Å². The minimum atomic E-state index is -0.106. The third-order valence-corrected chi connectivity index (χ3v) is 1.83. The summed E-state index contributed by atoms with van der Waals surface area (Å²) in [6.45, 7) is 0. The summed E-state index contributed by atoms with van der Waals surface area (Å²) in [7, 11) is 3.89. The van der Waals surface area contributed by atoms with Gasteiger partial charge in [0.25, 0.3) is 0 Å². The second-order valence-corrected chi connectivity index (χ2v) is 3.42. The predicted molar refractivity (Wildman–Crippen MR) is 67.9 cm³/mol. The maximum Gasteiger partial charge on any atom is 0.223 e. The Morgan fingerprint density at radius 3 is 2.44 bits per heavy atom. The molecule has 0 heterocycles. The lowest BCUT2D eigenvalue weighted by atomic mass is 10.3. The second kappa shape index (κ2) is 5.01. The summed E-state index contributed by atoms with van der Waals surface area (Å²) in [6, 6.07) is 7.56. The quantitative estimate of drug-likeness (QED) is 0.480. The first kappa shape index (κ1) is 11.8. The Balaban J connectivity index is 2.97. The van der Waals surface area contributed by atoms with Gasteiger partial charge in [0.2, 0.25) is 5.96 Å². The number of nitrogens with two attached hydrogens (primary N) is 3. The van der Waals surface area contributed by atoms with Crippen LogP contribution in [0, 0.1) is 0 Å². The monoisotopic (exact) mass is 220 g/mol. The first-order chi connectivity index (χ1) is 7.49. The zero-order valence-corrected chi connectivity index (χ0v) is 9.38. The van der Waals surface area contributed by atoms with E-state index in [1.807, 2.05) is 43.3 Å². The van der Waals surface area contributed by atoms with Crippen molar-refractivity contribution in [3.05, 3.63) is 24.3 Å². The molecular weight excluding hydrogens is 204 g/mol. The maximum absolute atomic E-state index is 5.52. The Morgan fingerprint density at radius 2 is 1.88 bits per heavy atom. The van der Waals surface area contributed by atoms with E-state index in [9.17, 15) is 0 Å². The molecule has 6 N–H and O–H groups in total. The van der Waals surface area contributed by atoms with Crippen molar-refractivity contribution in [1.82, 2.24) is 0 Å². The molecule has 1 rings (SSSR count). The molecule has 0 aliphatic carbocycles. The Kier molecular flexibility index (Phi) is 3.71. The molecule has 0 unspecified atom stereocenters. The smallest absolute Gasteiger partial charge is 0.223 e. The lowest BCUT2D eigenvalue weighted by Gasteiger charge is -2.12. The lowest BCUT2D eigenvalue weighted by molar-refractivity contribution is 1.13. The van der Waals surface area contributed by atoms with Crippen LogP contribution in [0.4, 0.5) is 11.4 Å². The van der Waals surface area contributed by atoms with Crippen molar-refractivity contribution in [3.8, 4) is 0 Å². The first-order valence-electron chi connectivity index (χ1n) is 4.70. The second-order valence-electron chi connectivity index (χ2n) is 3.42. The van der Waals surface area contributed by atoms with Gasteiger partial charge in [-0.25, -0.2) is 4.99 Å². The van der Waals surface area contributed by atoms with Crippen LogP contribution in [0.5, 0.6) is 0 Å². The molecule has 0 saturated heterocycles. The van der Waals surface area contributed by atoms with Crippen LogP contribution in [-0.2, 0) is 0 Å². The highest BCUT2D eigenvalue weighted by molar-refractivity contribution is 5.93. The van der Waals surface area contributed by atoms with Gasteiger partial charge in [0.1, 0.15) is 0 Å². The molecule has 0 amide bonds. The van der Waals surface area contributed by atoms with E-state index in [1.54, 1.807) is 0 Å². The zero-order chi connectivity index (χ0) is 12.1. The number of nitrogens with zero attached hydrogens (tertiary/aromatic N) is 3. The van der Waals surface area contributed by atoms with Gasteiger partial charge < -0.3 is 22.1 Å². The number of anilines is 1. The van der Waals surface area contributed by atoms with Crippen molar-refractivity contribution in [1.29, 1.82) is 0 Å². The normalized spacial score (nSPS) is 11.0. The van der Waals surface area contributed by atoms with E-state index < -0.39 is 0 Å². The fourth-order valence-corrected chi connectivity index (χ4v) is 1.13. The van der Waals surface area contributed by atoms with Gasteiger partial charge in [0.05, 0.1) is 5.69 Å². The molecular formula is C10H16N6. The topological polar surface area (TPSA) is 106 Å².